The molecule has 0 N–H and O–H groups in total. The number of para-hydroxylation sites is 1. The summed E-state index contributed by atoms with van der Waals surface area (Å²) in [5.41, 5.74) is 2.71. The predicted octanol–water partition coefficient (Wildman–Crippen LogP) is 4.25. The van der Waals surface area contributed by atoms with Gasteiger partial charge in [0, 0.05) is 30.9 Å². The van der Waals surface area contributed by atoms with Gasteiger partial charge in [0.2, 0.25) is 0 Å². The van der Waals surface area contributed by atoms with Gasteiger partial charge in [0.1, 0.15) is 17.5 Å². The van der Waals surface area contributed by atoms with E-state index in [-0.39, 0.29) is 0 Å². The van der Waals surface area contributed by atoms with Crippen molar-refractivity contribution < 1.29 is 0 Å². The Hall–Kier alpha value is -2.10. The summed E-state index contributed by atoms with van der Waals surface area (Å²) in [4.78, 5) is 14.3. The summed E-state index contributed by atoms with van der Waals surface area (Å²) in [6, 6.07) is 11.3. The van der Waals surface area contributed by atoms with E-state index in [1.165, 1.54) is 36.9 Å². The number of hydrogen-bond donors (Lipinski definition) is 0. The SMILES string of the molecule is Cc1nc(N2CCCCCC2)cc(N2c3ccccc3CC2C)n1. The molecule has 0 spiro atoms. The van der Waals surface area contributed by atoms with Crippen molar-refractivity contribution in [2.75, 3.05) is 22.9 Å². The molecule has 4 nitrogen and oxygen atoms in total. The topological polar surface area (TPSA) is 32.3 Å². The summed E-state index contributed by atoms with van der Waals surface area (Å²) in [6.45, 7) is 6.52. The third-order valence-corrected chi connectivity index (χ3v) is 5.20. The standard InChI is InChI=1S/C20H26N4/c1-15-13-17-9-5-6-10-18(17)24(15)20-14-19(21-16(2)22-20)23-11-7-3-4-8-12-23/h5-6,9-10,14-15H,3-4,7-8,11-13H2,1-2H3. The molecule has 2 aromatic rings. The molecule has 4 rings (SSSR count). The van der Waals surface area contributed by atoms with E-state index in [0.717, 1.165) is 37.0 Å². The molecule has 2 aliphatic rings. The van der Waals surface area contributed by atoms with E-state index < -0.39 is 0 Å². The summed E-state index contributed by atoms with van der Waals surface area (Å²) in [6.07, 6.45) is 6.29. The molecule has 1 unspecified atom stereocenters. The Labute approximate surface area is 144 Å². The maximum Gasteiger partial charge on any atom is 0.139 e. The number of benzene rings is 1. The number of fused-ring (bicyclic) bond motifs is 1. The van der Waals surface area contributed by atoms with Gasteiger partial charge in [-0.25, -0.2) is 9.97 Å². The number of aryl methyl sites for hydroxylation is 1. The maximum absolute atomic E-state index is 4.77. The minimum atomic E-state index is 0.439. The molecule has 1 fully saturated rings. The van der Waals surface area contributed by atoms with Crippen LogP contribution in [0.5, 0.6) is 0 Å². The van der Waals surface area contributed by atoms with Gasteiger partial charge in [-0.3, -0.25) is 0 Å². The van der Waals surface area contributed by atoms with Crippen molar-refractivity contribution in [2.24, 2.45) is 0 Å². The first kappa shape index (κ1) is 15.4. The normalized spacial score (nSPS) is 20.8. The van der Waals surface area contributed by atoms with E-state index in [1.807, 2.05) is 6.92 Å². The molecular formula is C20H26N4. The Kier molecular flexibility index (Phi) is 4.13. The van der Waals surface area contributed by atoms with Gasteiger partial charge >= 0.3 is 0 Å². The van der Waals surface area contributed by atoms with Gasteiger partial charge in [-0.2, -0.15) is 0 Å². The van der Waals surface area contributed by atoms with Crippen LogP contribution in [0.15, 0.2) is 30.3 Å². The number of nitrogens with zero attached hydrogens (tertiary/aromatic N) is 4. The second-order valence-corrected chi connectivity index (χ2v) is 7.08. The van der Waals surface area contributed by atoms with Crippen LogP contribution in [0.1, 0.15) is 44.0 Å². The summed E-state index contributed by atoms with van der Waals surface area (Å²) in [7, 11) is 0. The molecule has 0 radical (unpaired) electrons. The Morgan fingerprint density at radius 2 is 1.67 bits per heavy atom. The monoisotopic (exact) mass is 322 g/mol. The lowest BCUT2D eigenvalue weighted by Gasteiger charge is -2.27. The molecule has 1 atom stereocenters. The molecule has 3 heterocycles. The summed E-state index contributed by atoms with van der Waals surface area (Å²) in [5, 5.41) is 0. The van der Waals surface area contributed by atoms with Crippen LogP contribution < -0.4 is 9.80 Å². The zero-order chi connectivity index (χ0) is 16.5. The average Bonchev–Trinajstić information content (AvgIpc) is 2.74. The zero-order valence-electron chi connectivity index (χ0n) is 14.7. The zero-order valence-corrected chi connectivity index (χ0v) is 14.7. The molecule has 1 saturated heterocycles. The fourth-order valence-electron chi connectivity index (χ4n) is 4.04. The molecule has 126 valence electrons. The molecule has 2 aliphatic heterocycles. The molecule has 0 saturated carbocycles. The van der Waals surface area contributed by atoms with Gasteiger partial charge in [0.25, 0.3) is 0 Å². The lowest BCUT2D eigenvalue weighted by Crippen LogP contribution is -2.28. The first-order valence-electron chi connectivity index (χ1n) is 9.20. The van der Waals surface area contributed by atoms with Crippen molar-refractivity contribution in [3.8, 4) is 0 Å². The maximum atomic E-state index is 4.77. The number of rotatable bonds is 2. The molecule has 1 aromatic carbocycles. The summed E-state index contributed by atoms with van der Waals surface area (Å²) in [5.74, 6) is 3.00. The largest absolute Gasteiger partial charge is 0.356 e. The third-order valence-electron chi connectivity index (χ3n) is 5.20. The van der Waals surface area contributed by atoms with Gasteiger partial charge in [-0.15, -0.1) is 0 Å². The fraction of sp³-hybridized carbons (Fsp3) is 0.500. The second-order valence-electron chi connectivity index (χ2n) is 7.08. The Bertz CT molecular complexity index is 719. The van der Waals surface area contributed by atoms with E-state index in [1.54, 1.807) is 0 Å². The van der Waals surface area contributed by atoms with E-state index in [0.29, 0.717) is 6.04 Å². The van der Waals surface area contributed by atoms with Gasteiger partial charge < -0.3 is 9.80 Å². The predicted molar refractivity (Wildman–Crippen MR) is 99.2 cm³/mol. The van der Waals surface area contributed by atoms with E-state index in [9.17, 15) is 0 Å². The van der Waals surface area contributed by atoms with Crippen molar-refractivity contribution in [1.29, 1.82) is 0 Å². The van der Waals surface area contributed by atoms with Crippen LogP contribution in [0.3, 0.4) is 0 Å². The number of anilines is 3. The van der Waals surface area contributed by atoms with Crippen LogP contribution in [0.25, 0.3) is 0 Å². The van der Waals surface area contributed by atoms with E-state index in [2.05, 4.69) is 47.1 Å². The smallest absolute Gasteiger partial charge is 0.139 e. The molecular weight excluding hydrogens is 296 g/mol. The van der Waals surface area contributed by atoms with Crippen molar-refractivity contribution in [3.05, 3.63) is 41.7 Å². The minimum Gasteiger partial charge on any atom is -0.356 e. The van der Waals surface area contributed by atoms with Gasteiger partial charge in [-0.05, 0) is 44.7 Å². The van der Waals surface area contributed by atoms with Crippen LogP contribution in [-0.4, -0.2) is 29.1 Å². The highest BCUT2D eigenvalue weighted by molar-refractivity contribution is 5.70. The lowest BCUT2D eigenvalue weighted by atomic mass is 10.1. The van der Waals surface area contributed by atoms with Crippen LogP contribution in [0, 0.1) is 6.92 Å². The lowest BCUT2D eigenvalue weighted by molar-refractivity contribution is 0.726. The van der Waals surface area contributed by atoms with E-state index >= 15 is 0 Å². The van der Waals surface area contributed by atoms with Crippen molar-refractivity contribution in [3.63, 3.8) is 0 Å². The van der Waals surface area contributed by atoms with Gasteiger partial charge in [0.15, 0.2) is 0 Å². The molecule has 0 bridgehead atoms. The molecule has 24 heavy (non-hydrogen) atoms. The highest BCUT2D eigenvalue weighted by atomic mass is 15.3. The second kappa shape index (κ2) is 6.42. The molecule has 0 aliphatic carbocycles. The van der Waals surface area contributed by atoms with E-state index in [4.69, 9.17) is 9.97 Å². The number of aromatic nitrogens is 2. The fourth-order valence-corrected chi connectivity index (χ4v) is 4.04. The van der Waals surface area contributed by atoms with Crippen molar-refractivity contribution >= 4 is 17.3 Å². The quantitative estimate of drug-likeness (QED) is 0.827. The highest BCUT2D eigenvalue weighted by Gasteiger charge is 2.28. The van der Waals surface area contributed by atoms with Crippen LogP contribution >= 0.6 is 0 Å². The Balaban J connectivity index is 1.71. The van der Waals surface area contributed by atoms with Crippen LogP contribution in [0.4, 0.5) is 17.3 Å². The molecule has 4 heteroatoms. The van der Waals surface area contributed by atoms with Gasteiger partial charge in [0.05, 0.1) is 0 Å². The van der Waals surface area contributed by atoms with Crippen LogP contribution in [0.2, 0.25) is 0 Å². The van der Waals surface area contributed by atoms with Crippen LogP contribution in [-0.2, 0) is 6.42 Å². The van der Waals surface area contributed by atoms with Crippen molar-refractivity contribution in [2.45, 2.75) is 52.0 Å². The molecule has 1 aromatic heterocycles. The summed E-state index contributed by atoms with van der Waals surface area (Å²) < 4.78 is 0. The van der Waals surface area contributed by atoms with Crippen molar-refractivity contribution in [1.82, 2.24) is 9.97 Å². The Morgan fingerprint density at radius 1 is 0.958 bits per heavy atom. The minimum absolute atomic E-state index is 0.439. The van der Waals surface area contributed by atoms with Gasteiger partial charge in [-0.1, -0.05) is 31.0 Å². The first-order chi connectivity index (χ1) is 11.7. The Morgan fingerprint density at radius 3 is 2.46 bits per heavy atom. The highest BCUT2D eigenvalue weighted by Crippen LogP contribution is 2.38. The molecule has 0 amide bonds. The third kappa shape index (κ3) is 2.85. The number of hydrogen-bond acceptors (Lipinski definition) is 4. The first-order valence-corrected chi connectivity index (χ1v) is 9.20. The summed E-state index contributed by atoms with van der Waals surface area (Å²) >= 11 is 0. The average molecular weight is 322 g/mol.